The number of thiazole rings is 1. The van der Waals surface area contributed by atoms with Crippen LogP contribution in [0.5, 0.6) is 0 Å². The van der Waals surface area contributed by atoms with E-state index in [2.05, 4.69) is 17.2 Å². The van der Waals surface area contributed by atoms with Crippen LogP contribution >= 0.6 is 23.7 Å². The number of nitrogens with one attached hydrogen (secondary N) is 1. The first-order chi connectivity index (χ1) is 6.74. The maximum absolute atomic E-state index is 9.66. The summed E-state index contributed by atoms with van der Waals surface area (Å²) < 4.78 is 0. The van der Waals surface area contributed by atoms with E-state index in [-0.39, 0.29) is 12.4 Å². The predicted octanol–water partition coefficient (Wildman–Crippen LogP) is 1.57. The summed E-state index contributed by atoms with van der Waals surface area (Å²) in [5, 5.41) is 15.1. The molecule has 1 unspecified atom stereocenters. The van der Waals surface area contributed by atoms with Crippen molar-refractivity contribution in [1.82, 2.24) is 10.3 Å². The average Bonchev–Trinajstić information content (AvgIpc) is 2.59. The van der Waals surface area contributed by atoms with Crippen molar-refractivity contribution in [2.45, 2.75) is 25.9 Å². The molecule has 4 N–H and O–H groups in total. The molecule has 0 fully saturated rings. The highest BCUT2D eigenvalue weighted by Gasteiger charge is 2.09. The Bertz CT molecular complexity index is 270. The highest BCUT2D eigenvalue weighted by atomic mass is 35.5. The molecule has 0 saturated carbocycles. The largest absolute Gasteiger partial charge is 0.385 e. The lowest BCUT2D eigenvalue weighted by atomic mass is 10.2. The summed E-state index contributed by atoms with van der Waals surface area (Å²) in [7, 11) is 0. The Hall–Kier alpha value is -0.360. The number of aliphatic hydroxyl groups is 1. The third kappa shape index (κ3) is 5.32. The molecule has 4 nitrogen and oxygen atoms in total. The van der Waals surface area contributed by atoms with Gasteiger partial charge in [0.25, 0.3) is 0 Å². The molecule has 0 aliphatic carbocycles. The minimum atomic E-state index is -0.541. The lowest BCUT2D eigenvalue weighted by molar-refractivity contribution is 0.171. The standard InChI is InChI=1S/C9H17N3OS.ClH/c1-2-3-4-11-5-8(13)7-6-14-9(10)12-7;/h6,8,11,13H,2-5H2,1H3,(H2,10,12);1H. The van der Waals surface area contributed by atoms with Crippen molar-refractivity contribution in [2.24, 2.45) is 0 Å². The number of hydrogen-bond acceptors (Lipinski definition) is 5. The first-order valence-electron chi connectivity index (χ1n) is 4.83. The first-order valence-corrected chi connectivity index (χ1v) is 5.71. The van der Waals surface area contributed by atoms with E-state index in [1.165, 1.54) is 11.3 Å². The van der Waals surface area contributed by atoms with Gasteiger partial charge in [0.1, 0.15) is 6.10 Å². The summed E-state index contributed by atoms with van der Waals surface area (Å²) in [5.41, 5.74) is 6.13. The van der Waals surface area contributed by atoms with Crippen molar-refractivity contribution in [3.8, 4) is 0 Å². The van der Waals surface area contributed by atoms with Gasteiger partial charge in [0, 0.05) is 11.9 Å². The Kier molecular flexibility index (Phi) is 7.68. The fraction of sp³-hybridized carbons (Fsp3) is 0.667. The third-order valence-electron chi connectivity index (χ3n) is 1.93. The maximum Gasteiger partial charge on any atom is 0.180 e. The summed E-state index contributed by atoms with van der Waals surface area (Å²) in [6, 6.07) is 0. The SMILES string of the molecule is CCCCNCC(O)c1csc(N)n1.Cl. The van der Waals surface area contributed by atoms with Gasteiger partial charge in [-0.3, -0.25) is 0 Å². The van der Waals surface area contributed by atoms with Crippen molar-refractivity contribution >= 4 is 28.9 Å². The number of anilines is 1. The quantitative estimate of drug-likeness (QED) is 0.672. The van der Waals surface area contributed by atoms with Crippen LogP contribution in [0.2, 0.25) is 0 Å². The molecule has 88 valence electrons. The van der Waals surface area contributed by atoms with Crippen molar-refractivity contribution < 1.29 is 5.11 Å². The third-order valence-corrected chi connectivity index (χ3v) is 2.62. The van der Waals surface area contributed by atoms with E-state index in [9.17, 15) is 5.11 Å². The van der Waals surface area contributed by atoms with Crippen LogP contribution in [-0.2, 0) is 0 Å². The molecule has 0 spiro atoms. The van der Waals surface area contributed by atoms with Gasteiger partial charge in [0.2, 0.25) is 0 Å². The molecule has 15 heavy (non-hydrogen) atoms. The van der Waals surface area contributed by atoms with E-state index in [0.29, 0.717) is 17.4 Å². The number of hydrogen-bond donors (Lipinski definition) is 3. The number of unbranched alkanes of at least 4 members (excludes halogenated alkanes) is 1. The second-order valence-corrected chi connectivity index (χ2v) is 4.07. The lowest BCUT2D eigenvalue weighted by Gasteiger charge is -2.08. The molecule has 0 saturated heterocycles. The van der Waals surface area contributed by atoms with Crippen LogP contribution in [0.1, 0.15) is 31.6 Å². The Morgan fingerprint density at radius 1 is 1.67 bits per heavy atom. The highest BCUT2D eigenvalue weighted by molar-refractivity contribution is 7.13. The number of nitrogens with zero attached hydrogens (tertiary/aromatic N) is 1. The number of rotatable bonds is 6. The van der Waals surface area contributed by atoms with Gasteiger partial charge in [0.15, 0.2) is 5.13 Å². The lowest BCUT2D eigenvalue weighted by Crippen LogP contribution is -2.22. The molecular weight excluding hydrogens is 234 g/mol. The molecule has 0 aromatic carbocycles. The summed E-state index contributed by atoms with van der Waals surface area (Å²) >= 11 is 1.36. The molecular formula is C9H18ClN3OS. The van der Waals surface area contributed by atoms with Gasteiger partial charge in [-0.05, 0) is 13.0 Å². The minimum absolute atomic E-state index is 0. The topological polar surface area (TPSA) is 71.2 Å². The second-order valence-electron chi connectivity index (χ2n) is 3.18. The molecule has 1 aromatic heterocycles. The zero-order chi connectivity index (χ0) is 10.4. The Morgan fingerprint density at radius 3 is 2.93 bits per heavy atom. The first kappa shape index (κ1) is 14.6. The highest BCUT2D eigenvalue weighted by Crippen LogP contribution is 2.17. The van der Waals surface area contributed by atoms with Crippen LogP contribution in [0.3, 0.4) is 0 Å². The molecule has 6 heteroatoms. The van der Waals surface area contributed by atoms with Crippen LogP contribution in [0.15, 0.2) is 5.38 Å². The van der Waals surface area contributed by atoms with E-state index in [1.54, 1.807) is 5.38 Å². The summed E-state index contributed by atoms with van der Waals surface area (Å²) in [4.78, 5) is 4.02. The van der Waals surface area contributed by atoms with Gasteiger partial charge >= 0.3 is 0 Å². The molecule has 0 radical (unpaired) electrons. The van der Waals surface area contributed by atoms with Crippen LogP contribution in [0.4, 0.5) is 5.13 Å². The van der Waals surface area contributed by atoms with Crippen molar-refractivity contribution in [3.63, 3.8) is 0 Å². The average molecular weight is 252 g/mol. The molecule has 1 rings (SSSR count). The van der Waals surface area contributed by atoms with Gasteiger partial charge in [0.05, 0.1) is 5.69 Å². The van der Waals surface area contributed by atoms with Crippen molar-refractivity contribution in [2.75, 3.05) is 18.8 Å². The second kappa shape index (κ2) is 7.87. The van der Waals surface area contributed by atoms with Crippen molar-refractivity contribution in [1.29, 1.82) is 0 Å². The molecule has 1 atom stereocenters. The normalized spacial score (nSPS) is 12.1. The number of aliphatic hydroxyl groups excluding tert-OH is 1. The van der Waals surface area contributed by atoms with Crippen LogP contribution in [0, 0.1) is 0 Å². The molecule has 1 aromatic rings. The predicted molar refractivity (Wildman–Crippen MR) is 66.5 cm³/mol. The Labute approximate surface area is 100 Å². The monoisotopic (exact) mass is 251 g/mol. The van der Waals surface area contributed by atoms with Gasteiger partial charge in [-0.25, -0.2) is 4.98 Å². The molecule has 0 aliphatic rings. The molecule has 0 amide bonds. The minimum Gasteiger partial charge on any atom is -0.385 e. The van der Waals surface area contributed by atoms with Crippen LogP contribution in [-0.4, -0.2) is 23.2 Å². The van der Waals surface area contributed by atoms with Gasteiger partial charge in [-0.2, -0.15) is 0 Å². The number of aromatic nitrogens is 1. The van der Waals surface area contributed by atoms with E-state index in [0.717, 1.165) is 19.4 Å². The van der Waals surface area contributed by atoms with E-state index < -0.39 is 6.10 Å². The van der Waals surface area contributed by atoms with E-state index >= 15 is 0 Å². The van der Waals surface area contributed by atoms with E-state index in [1.807, 2.05) is 0 Å². The summed E-state index contributed by atoms with van der Waals surface area (Å²) in [6.07, 6.45) is 1.75. The van der Waals surface area contributed by atoms with Gasteiger partial charge < -0.3 is 16.2 Å². The maximum atomic E-state index is 9.66. The number of nitrogen functional groups attached to an aromatic ring is 1. The fourth-order valence-corrected chi connectivity index (χ4v) is 1.71. The Balaban J connectivity index is 0.00000196. The van der Waals surface area contributed by atoms with Crippen LogP contribution < -0.4 is 11.1 Å². The van der Waals surface area contributed by atoms with E-state index in [4.69, 9.17) is 5.73 Å². The smallest absolute Gasteiger partial charge is 0.180 e. The zero-order valence-corrected chi connectivity index (χ0v) is 10.4. The molecule has 0 aliphatic heterocycles. The van der Waals surface area contributed by atoms with Gasteiger partial charge in [-0.1, -0.05) is 13.3 Å². The summed E-state index contributed by atoms with van der Waals surface area (Å²) in [6.45, 7) is 3.62. The van der Waals surface area contributed by atoms with Crippen LogP contribution in [0.25, 0.3) is 0 Å². The zero-order valence-electron chi connectivity index (χ0n) is 8.77. The summed E-state index contributed by atoms with van der Waals surface area (Å²) in [5.74, 6) is 0. The number of halogens is 1. The Morgan fingerprint density at radius 2 is 2.40 bits per heavy atom. The molecule has 0 bridgehead atoms. The molecule has 1 heterocycles. The number of nitrogens with two attached hydrogens (primary N) is 1. The van der Waals surface area contributed by atoms with Gasteiger partial charge in [-0.15, -0.1) is 23.7 Å². The fourth-order valence-electron chi connectivity index (χ4n) is 1.10. The van der Waals surface area contributed by atoms with Crippen molar-refractivity contribution in [3.05, 3.63) is 11.1 Å².